The van der Waals surface area contributed by atoms with Gasteiger partial charge in [-0.05, 0) is 20.3 Å². The molecule has 0 atom stereocenters. The highest BCUT2D eigenvalue weighted by atomic mass is 16.5. The van der Waals surface area contributed by atoms with Crippen LogP contribution in [-0.4, -0.2) is 33.7 Å². The van der Waals surface area contributed by atoms with E-state index < -0.39 is 7.12 Å². The van der Waals surface area contributed by atoms with Crippen molar-refractivity contribution in [3.63, 3.8) is 0 Å². The molecule has 0 amide bonds. The predicted octanol–water partition coefficient (Wildman–Crippen LogP) is -0.438. The van der Waals surface area contributed by atoms with E-state index in [0.717, 1.165) is 6.42 Å². The van der Waals surface area contributed by atoms with Gasteiger partial charge in [-0.15, -0.1) is 0 Å². The Morgan fingerprint density at radius 3 is 2.13 bits per heavy atom. The minimum atomic E-state index is -1.54. The van der Waals surface area contributed by atoms with Crippen LogP contribution in [0.15, 0.2) is 0 Å². The molecule has 15 heavy (non-hydrogen) atoms. The van der Waals surface area contributed by atoms with E-state index in [4.69, 9.17) is 14.8 Å². The highest BCUT2D eigenvalue weighted by Crippen LogP contribution is 2.05. The summed E-state index contributed by atoms with van der Waals surface area (Å²) in [6.45, 7) is 5.94. The van der Waals surface area contributed by atoms with Gasteiger partial charge in [-0.1, -0.05) is 6.92 Å². The summed E-state index contributed by atoms with van der Waals surface area (Å²) < 4.78 is 5.27. The van der Waals surface area contributed by atoms with Crippen molar-refractivity contribution in [3.05, 3.63) is 11.4 Å². The maximum atomic E-state index is 9.09. The van der Waals surface area contributed by atoms with E-state index >= 15 is 0 Å². The summed E-state index contributed by atoms with van der Waals surface area (Å²) in [5.41, 5.74) is 1.41. The molecule has 0 fully saturated rings. The van der Waals surface area contributed by atoms with Crippen molar-refractivity contribution in [2.24, 2.45) is 0 Å². The third-order valence-electron chi connectivity index (χ3n) is 2.00. The van der Waals surface area contributed by atoms with Crippen LogP contribution in [0, 0.1) is 13.8 Å². The Balaban J connectivity index is 2.97. The lowest BCUT2D eigenvalue weighted by Gasteiger charge is -2.09. The molecule has 0 aromatic carbocycles. The second-order valence-electron chi connectivity index (χ2n) is 3.31. The molecule has 0 spiro atoms. The number of hydrogen-bond donors (Lipinski definition) is 2. The Kier molecular flexibility index (Phi) is 4.05. The van der Waals surface area contributed by atoms with Gasteiger partial charge in [0, 0.05) is 16.9 Å². The van der Waals surface area contributed by atoms with E-state index in [0.29, 0.717) is 23.5 Å². The molecule has 0 bridgehead atoms. The van der Waals surface area contributed by atoms with E-state index in [-0.39, 0.29) is 6.01 Å². The summed E-state index contributed by atoms with van der Waals surface area (Å²) in [5.74, 6) is 0. The number of aromatic nitrogens is 2. The first kappa shape index (κ1) is 11.9. The normalized spacial score (nSPS) is 10.2. The lowest BCUT2D eigenvalue weighted by molar-refractivity contribution is 0.291. The van der Waals surface area contributed by atoms with Crippen LogP contribution < -0.4 is 10.2 Å². The standard InChI is InChI=1S/C9H15BN2O3/c1-4-5-15-9-11-6(2)8(10(13)14)7(3)12-9/h13-14H,4-5H2,1-3H3. The highest BCUT2D eigenvalue weighted by molar-refractivity contribution is 6.59. The molecule has 0 saturated heterocycles. The van der Waals surface area contributed by atoms with E-state index in [1.807, 2.05) is 6.92 Å². The summed E-state index contributed by atoms with van der Waals surface area (Å²) in [6.07, 6.45) is 0.881. The molecule has 0 aliphatic carbocycles. The molecule has 0 aliphatic heterocycles. The molecule has 1 heterocycles. The van der Waals surface area contributed by atoms with E-state index in [1.54, 1.807) is 13.8 Å². The van der Waals surface area contributed by atoms with Crippen LogP contribution in [0.1, 0.15) is 24.7 Å². The number of ether oxygens (including phenoxy) is 1. The first-order chi connectivity index (χ1) is 7.06. The average Bonchev–Trinajstić information content (AvgIpc) is 2.12. The van der Waals surface area contributed by atoms with Crippen molar-refractivity contribution >= 4 is 12.6 Å². The van der Waals surface area contributed by atoms with Crippen molar-refractivity contribution in [3.8, 4) is 6.01 Å². The lowest BCUT2D eigenvalue weighted by Crippen LogP contribution is -2.36. The summed E-state index contributed by atoms with van der Waals surface area (Å²) in [5, 5.41) is 18.2. The van der Waals surface area contributed by atoms with Crippen LogP contribution in [0.2, 0.25) is 0 Å². The molecular formula is C9H15BN2O3. The van der Waals surface area contributed by atoms with Crippen LogP contribution in [-0.2, 0) is 0 Å². The van der Waals surface area contributed by atoms with E-state index in [2.05, 4.69) is 9.97 Å². The van der Waals surface area contributed by atoms with Gasteiger partial charge in [-0.3, -0.25) is 0 Å². The molecule has 6 heteroatoms. The SMILES string of the molecule is CCCOc1nc(C)c(B(O)O)c(C)n1. The number of hydrogen-bond acceptors (Lipinski definition) is 5. The Labute approximate surface area is 89.3 Å². The fourth-order valence-electron chi connectivity index (χ4n) is 1.33. The average molecular weight is 210 g/mol. The van der Waals surface area contributed by atoms with Gasteiger partial charge in [0.1, 0.15) is 0 Å². The number of rotatable bonds is 4. The zero-order valence-electron chi connectivity index (χ0n) is 9.19. The zero-order chi connectivity index (χ0) is 11.4. The molecule has 0 saturated carbocycles. The number of nitrogens with zero attached hydrogens (tertiary/aromatic N) is 2. The van der Waals surface area contributed by atoms with Crippen molar-refractivity contribution in [1.82, 2.24) is 9.97 Å². The van der Waals surface area contributed by atoms with Gasteiger partial charge in [0.05, 0.1) is 6.61 Å². The van der Waals surface area contributed by atoms with Crippen LogP contribution in [0.25, 0.3) is 0 Å². The molecule has 1 aromatic heterocycles. The summed E-state index contributed by atoms with van der Waals surface area (Å²) >= 11 is 0. The minimum absolute atomic E-state index is 0.288. The molecular weight excluding hydrogens is 195 g/mol. The monoisotopic (exact) mass is 210 g/mol. The summed E-state index contributed by atoms with van der Waals surface area (Å²) in [4.78, 5) is 8.08. The van der Waals surface area contributed by atoms with E-state index in [1.165, 1.54) is 0 Å². The quantitative estimate of drug-likeness (QED) is 0.659. The Hall–Kier alpha value is -1.14. The summed E-state index contributed by atoms with van der Waals surface area (Å²) in [6, 6.07) is 0.288. The molecule has 0 aliphatic rings. The Bertz CT molecular complexity index is 321. The van der Waals surface area contributed by atoms with Crippen molar-refractivity contribution in [2.45, 2.75) is 27.2 Å². The molecule has 0 radical (unpaired) electrons. The third kappa shape index (κ3) is 2.90. The van der Waals surface area contributed by atoms with Crippen molar-refractivity contribution in [2.75, 3.05) is 6.61 Å². The fourth-order valence-corrected chi connectivity index (χ4v) is 1.33. The third-order valence-corrected chi connectivity index (χ3v) is 2.00. The van der Waals surface area contributed by atoms with E-state index in [9.17, 15) is 0 Å². The lowest BCUT2D eigenvalue weighted by atomic mass is 9.78. The van der Waals surface area contributed by atoms with Gasteiger partial charge >= 0.3 is 13.1 Å². The fraction of sp³-hybridized carbons (Fsp3) is 0.556. The molecule has 0 unspecified atom stereocenters. The Morgan fingerprint density at radius 2 is 1.73 bits per heavy atom. The minimum Gasteiger partial charge on any atom is -0.463 e. The second kappa shape index (κ2) is 5.09. The maximum Gasteiger partial charge on any atom is 0.492 e. The smallest absolute Gasteiger partial charge is 0.463 e. The largest absolute Gasteiger partial charge is 0.492 e. The van der Waals surface area contributed by atoms with Crippen molar-refractivity contribution < 1.29 is 14.8 Å². The molecule has 5 nitrogen and oxygen atoms in total. The first-order valence-corrected chi connectivity index (χ1v) is 4.90. The van der Waals surface area contributed by atoms with Gasteiger partial charge in [-0.2, -0.15) is 0 Å². The van der Waals surface area contributed by atoms with Gasteiger partial charge in [0.2, 0.25) is 0 Å². The Morgan fingerprint density at radius 1 is 1.20 bits per heavy atom. The zero-order valence-corrected chi connectivity index (χ0v) is 9.19. The first-order valence-electron chi connectivity index (χ1n) is 4.90. The number of aryl methyl sites for hydroxylation is 2. The van der Waals surface area contributed by atoms with Crippen LogP contribution in [0.4, 0.5) is 0 Å². The van der Waals surface area contributed by atoms with Crippen LogP contribution in [0.3, 0.4) is 0 Å². The molecule has 82 valence electrons. The maximum absolute atomic E-state index is 9.09. The van der Waals surface area contributed by atoms with Gasteiger partial charge in [-0.25, -0.2) is 9.97 Å². The van der Waals surface area contributed by atoms with Crippen LogP contribution in [0.5, 0.6) is 6.01 Å². The molecule has 1 aromatic rings. The van der Waals surface area contributed by atoms with Gasteiger partial charge in [0.15, 0.2) is 0 Å². The molecule has 2 N–H and O–H groups in total. The summed E-state index contributed by atoms with van der Waals surface area (Å²) in [7, 11) is -1.54. The molecule has 1 rings (SSSR count). The van der Waals surface area contributed by atoms with Gasteiger partial charge in [0.25, 0.3) is 0 Å². The van der Waals surface area contributed by atoms with Crippen molar-refractivity contribution in [1.29, 1.82) is 0 Å². The van der Waals surface area contributed by atoms with Crippen LogP contribution >= 0.6 is 0 Å². The highest BCUT2D eigenvalue weighted by Gasteiger charge is 2.20. The van der Waals surface area contributed by atoms with Gasteiger partial charge < -0.3 is 14.8 Å². The second-order valence-corrected chi connectivity index (χ2v) is 3.31. The predicted molar refractivity (Wildman–Crippen MR) is 57.1 cm³/mol. The topological polar surface area (TPSA) is 75.5 Å².